The number of benzene rings is 1. The lowest BCUT2D eigenvalue weighted by molar-refractivity contribution is 0.217. The monoisotopic (exact) mass is 307 g/mol. The summed E-state index contributed by atoms with van der Waals surface area (Å²) in [6, 6.07) is 10.0. The van der Waals surface area contributed by atoms with Gasteiger partial charge in [-0.05, 0) is 36.2 Å². The Hall–Kier alpha value is -1.56. The summed E-state index contributed by atoms with van der Waals surface area (Å²) in [7, 11) is 3.62. The maximum Gasteiger partial charge on any atom is 0.161 e. The summed E-state index contributed by atoms with van der Waals surface area (Å²) in [6.45, 7) is 2.13. The Morgan fingerprint density at radius 2 is 2.10 bits per heavy atom. The SMILES string of the molecule is COc1cc(CN(C)CCO)ccc1OCc1cccs1. The van der Waals surface area contributed by atoms with E-state index < -0.39 is 0 Å². The Bertz CT molecular complexity index is 542. The Morgan fingerprint density at radius 3 is 2.76 bits per heavy atom. The first kappa shape index (κ1) is 15.8. The molecule has 0 saturated carbocycles. The van der Waals surface area contributed by atoms with Crippen LogP contribution in [0.15, 0.2) is 35.7 Å². The van der Waals surface area contributed by atoms with Gasteiger partial charge in [0.25, 0.3) is 0 Å². The smallest absolute Gasteiger partial charge is 0.161 e. The van der Waals surface area contributed by atoms with Gasteiger partial charge >= 0.3 is 0 Å². The Morgan fingerprint density at radius 1 is 1.24 bits per heavy atom. The Balaban J connectivity index is 2.01. The van der Waals surface area contributed by atoms with Crippen molar-refractivity contribution in [2.24, 2.45) is 0 Å². The molecule has 0 amide bonds. The van der Waals surface area contributed by atoms with E-state index in [4.69, 9.17) is 14.6 Å². The minimum Gasteiger partial charge on any atom is -0.493 e. The van der Waals surface area contributed by atoms with Gasteiger partial charge in [-0.3, -0.25) is 4.90 Å². The molecule has 21 heavy (non-hydrogen) atoms. The Kier molecular flexibility index (Phi) is 6.04. The van der Waals surface area contributed by atoms with Crippen molar-refractivity contribution in [3.05, 3.63) is 46.2 Å². The topological polar surface area (TPSA) is 41.9 Å². The van der Waals surface area contributed by atoms with Crippen molar-refractivity contribution in [2.75, 3.05) is 27.3 Å². The van der Waals surface area contributed by atoms with Crippen molar-refractivity contribution in [2.45, 2.75) is 13.2 Å². The van der Waals surface area contributed by atoms with Crippen LogP contribution in [0.3, 0.4) is 0 Å². The normalized spacial score (nSPS) is 10.9. The lowest BCUT2D eigenvalue weighted by atomic mass is 10.2. The van der Waals surface area contributed by atoms with Crippen LogP contribution in [-0.2, 0) is 13.2 Å². The van der Waals surface area contributed by atoms with Crippen LogP contribution in [0.5, 0.6) is 11.5 Å². The third-order valence-electron chi connectivity index (χ3n) is 3.11. The molecular formula is C16H21NO3S. The molecule has 0 atom stereocenters. The molecule has 1 aromatic heterocycles. The zero-order chi connectivity index (χ0) is 15.1. The molecule has 0 radical (unpaired) electrons. The summed E-state index contributed by atoms with van der Waals surface area (Å²) in [5.41, 5.74) is 1.13. The lowest BCUT2D eigenvalue weighted by Crippen LogP contribution is -2.21. The molecule has 0 aliphatic carbocycles. The van der Waals surface area contributed by atoms with Crippen molar-refractivity contribution < 1.29 is 14.6 Å². The molecule has 0 aliphatic heterocycles. The molecule has 5 heteroatoms. The maximum atomic E-state index is 8.93. The first-order valence-electron chi connectivity index (χ1n) is 6.84. The number of hydrogen-bond acceptors (Lipinski definition) is 5. The number of methoxy groups -OCH3 is 1. The second kappa shape index (κ2) is 8.02. The summed E-state index contributed by atoms with van der Waals surface area (Å²) >= 11 is 1.68. The quantitative estimate of drug-likeness (QED) is 0.814. The predicted octanol–water partition coefficient (Wildman–Crippen LogP) is 2.76. The number of likely N-dealkylation sites (N-methyl/N-ethyl adjacent to an activating group) is 1. The summed E-state index contributed by atoms with van der Waals surface area (Å²) in [5.74, 6) is 1.49. The highest BCUT2D eigenvalue weighted by molar-refractivity contribution is 7.09. The zero-order valence-electron chi connectivity index (χ0n) is 12.4. The largest absolute Gasteiger partial charge is 0.493 e. The minimum atomic E-state index is 0.162. The minimum absolute atomic E-state index is 0.162. The molecule has 1 heterocycles. The molecule has 0 saturated heterocycles. The van der Waals surface area contributed by atoms with Crippen molar-refractivity contribution in [1.82, 2.24) is 4.90 Å². The number of rotatable bonds is 8. The van der Waals surface area contributed by atoms with Gasteiger partial charge in [0.05, 0.1) is 13.7 Å². The standard InChI is InChI=1S/C16H21NO3S/c1-17(7-8-18)11-13-5-6-15(16(10-13)19-2)20-12-14-4-3-9-21-14/h3-6,9-10,18H,7-8,11-12H2,1-2H3. The fourth-order valence-corrected chi connectivity index (χ4v) is 2.65. The highest BCUT2D eigenvalue weighted by Crippen LogP contribution is 2.29. The molecule has 0 bridgehead atoms. The van der Waals surface area contributed by atoms with Crippen molar-refractivity contribution in [3.8, 4) is 11.5 Å². The highest BCUT2D eigenvalue weighted by Gasteiger charge is 2.08. The maximum absolute atomic E-state index is 8.93. The van der Waals surface area contributed by atoms with E-state index in [1.807, 2.05) is 36.7 Å². The number of thiophene rings is 1. The fraction of sp³-hybridized carbons (Fsp3) is 0.375. The van der Waals surface area contributed by atoms with Gasteiger partial charge in [-0.2, -0.15) is 0 Å². The van der Waals surface area contributed by atoms with Crippen LogP contribution >= 0.6 is 11.3 Å². The second-order valence-corrected chi connectivity index (χ2v) is 5.85. The molecule has 2 aromatic rings. The number of nitrogens with zero attached hydrogens (tertiary/aromatic N) is 1. The molecule has 2 rings (SSSR count). The van der Waals surface area contributed by atoms with Crippen LogP contribution < -0.4 is 9.47 Å². The van der Waals surface area contributed by atoms with Gasteiger partial charge in [-0.25, -0.2) is 0 Å². The van der Waals surface area contributed by atoms with Gasteiger partial charge in [0.15, 0.2) is 11.5 Å². The van der Waals surface area contributed by atoms with Crippen LogP contribution in [-0.4, -0.2) is 37.3 Å². The van der Waals surface area contributed by atoms with Crippen LogP contribution in [0.25, 0.3) is 0 Å². The van der Waals surface area contributed by atoms with Gasteiger partial charge in [0.2, 0.25) is 0 Å². The zero-order valence-corrected chi connectivity index (χ0v) is 13.2. The summed E-state index contributed by atoms with van der Waals surface area (Å²) in [6.07, 6.45) is 0. The van der Waals surface area contributed by atoms with E-state index >= 15 is 0 Å². The van der Waals surface area contributed by atoms with Crippen molar-refractivity contribution >= 4 is 11.3 Å². The first-order chi connectivity index (χ1) is 10.2. The molecule has 114 valence electrons. The molecule has 4 nitrogen and oxygen atoms in total. The van der Waals surface area contributed by atoms with E-state index in [0.717, 1.165) is 23.6 Å². The number of hydrogen-bond donors (Lipinski definition) is 1. The molecular weight excluding hydrogens is 286 g/mol. The molecule has 0 spiro atoms. The molecule has 1 aromatic carbocycles. The van der Waals surface area contributed by atoms with Gasteiger partial charge in [-0.15, -0.1) is 11.3 Å². The summed E-state index contributed by atoms with van der Waals surface area (Å²) < 4.78 is 11.2. The van der Waals surface area contributed by atoms with E-state index in [2.05, 4.69) is 11.0 Å². The van der Waals surface area contributed by atoms with Crippen LogP contribution in [0.2, 0.25) is 0 Å². The molecule has 0 unspecified atom stereocenters. The van der Waals surface area contributed by atoms with E-state index in [9.17, 15) is 0 Å². The van der Waals surface area contributed by atoms with Gasteiger partial charge in [0.1, 0.15) is 6.61 Å². The number of ether oxygens (including phenoxy) is 2. The van der Waals surface area contributed by atoms with E-state index in [1.165, 1.54) is 4.88 Å². The van der Waals surface area contributed by atoms with Crippen LogP contribution in [0.1, 0.15) is 10.4 Å². The van der Waals surface area contributed by atoms with Crippen molar-refractivity contribution in [1.29, 1.82) is 0 Å². The third kappa shape index (κ3) is 4.74. The average molecular weight is 307 g/mol. The van der Waals surface area contributed by atoms with E-state index in [-0.39, 0.29) is 6.61 Å². The van der Waals surface area contributed by atoms with Gasteiger partial charge in [0, 0.05) is 18.0 Å². The predicted molar refractivity (Wildman–Crippen MR) is 85.1 cm³/mol. The Labute approximate surface area is 129 Å². The second-order valence-electron chi connectivity index (χ2n) is 4.81. The van der Waals surface area contributed by atoms with Gasteiger partial charge in [-0.1, -0.05) is 12.1 Å². The average Bonchev–Trinajstić information content (AvgIpc) is 2.99. The van der Waals surface area contributed by atoms with Crippen molar-refractivity contribution in [3.63, 3.8) is 0 Å². The van der Waals surface area contributed by atoms with Crippen LogP contribution in [0, 0.1) is 0 Å². The molecule has 0 aliphatic rings. The molecule has 0 fully saturated rings. The lowest BCUT2D eigenvalue weighted by Gasteiger charge is -2.17. The summed E-state index contributed by atoms with van der Waals surface area (Å²) in [5, 5.41) is 11.0. The van der Waals surface area contributed by atoms with Crippen LogP contribution in [0.4, 0.5) is 0 Å². The third-order valence-corrected chi connectivity index (χ3v) is 3.96. The molecule has 1 N–H and O–H groups in total. The highest BCUT2D eigenvalue weighted by atomic mass is 32.1. The number of aliphatic hydroxyl groups excluding tert-OH is 1. The van der Waals surface area contributed by atoms with E-state index in [1.54, 1.807) is 18.4 Å². The van der Waals surface area contributed by atoms with E-state index in [0.29, 0.717) is 13.2 Å². The van der Waals surface area contributed by atoms with Gasteiger partial charge < -0.3 is 14.6 Å². The first-order valence-corrected chi connectivity index (χ1v) is 7.72. The fourth-order valence-electron chi connectivity index (χ4n) is 2.03. The number of aliphatic hydroxyl groups is 1. The summed E-state index contributed by atoms with van der Waals surface area (Å²) in [4.78, 5) is 3.24.